The molecule has 0 bridgehead atoms. The standard InChI is InChI=1S/C32H40/c1-9-16-23(10-2)29-28(24-17-14-13-15-18-24)22-25-21-26(31(5,6)11-3)19-20-27(25)30(29)32(7,8)12-4/h9-10,13-22H,11-12H2,1-8H3/b16-9-,23-10+. The highest BCUT2D eigenvalue weighted by Gasteiger charge is 2.28. The monoisotopic (exact) mass is 424 g/mol. The van der Waals surface area contributed by atoms with E-state index in [0.717, 1.165) is 12.8 Å². The Hall–Kier alpha value is -2.60. The zero-order valence-electron chi connectivity index (χ0n) is 21.3. The average molecular weight is 425 g/mol. The summed E-state index contributed by atoms with van der Waals surface area (Å²) >= 11 is 0. The van der Waals surface area contributed by atoms with Gasteiger partial charge in [0.1, 0.15) is 0 Å². The molecule has 0 aliphatic heterocycles. The summed E-state index contributed by atoms with van der Waals surface area (Å²) in [6.07, 6.45) is 8.89. The van der Waals surface area contributed by atoms with E-state index < -0.39 is 0 Å². The number of benzene rings is 3. The van der Waals surface area contributed by atoms with Crippen LogP contribution in [-0.2, 0) is 10.8 Å². The first-order chi connectivity index (χ1) is 15.2. The van der Waals surface area contributed by atoms with Crippen LogP contribution in [0.1, 0.15) is 84.9 Å². The molecule has 0 spiro atoms. The molecule has 0 atom stereocenters. The lowest BCUT2D eigenvalue weighted by Crippen LogP contribution is -2.20. The number of allylic oxidation sites excluding steroid dienone is 4. The summed E-state index contributed by atoms with van der Waals surface area (Å²) in [7, 11) is 0. The fourth-order valence-corrected chi connectivity index (χ4v) is 4.56. The fourth-order valence-electron chi connectivity index (χ4n) is 4.56. The largest absolute Gasteiger partial charge is 0.0871 e. The van der Waals surface area contributed by atoms with Crippen molar-refractivity contribution in [3.8, 4) is 11.1 Å². The van der Waals surface area contributed by atoms with E-state index in [1.54, 1.807) is 0 Å². The van der Waals surface area contributed by atoms with Crippen LogP contribution in [-0.4, -0.2) is 0 Å². The van der Waals surface area contributed by atoms with Crippen molar-refractivity contribution in [2.24, 2.45) is 0 Å². The van der Waals surface area contributed by atoms with Gasteiger partial charge in [0, 0.05) is 0 Å². The molecule has 3 aromatic carbocycles. The molecule has 0 amide bonds. The van der Waals surface area contributed by atoms with Gasteiger partial charge in [-0.25, -0.2) is 0 Å². The van der Waals surface area contributed by atoms with Crippen molar-refractivity contribution in [3.63, 3.8) is 0 Å². The quantitative estimate of drug-likeness (QED) is 0.331. The van der Waals surface area contributed by atoms with Gasteiger partial charge in [-0.05, 0) is 87.7 Å². The lowest BCUT2D eigenvalue weighted by atomic mass is 9.72. The molecule has 0 heteroatoms. The maximum atomic E-state index is 2.44. The Labute approximate surface area is 196 Å². The lowest BCUT2D eigenvalue weighted by molar-refractivity contribution is 0.506. The van der Waals surface area contributed by atoms with Gasteiger partial charge in [-0.2, -0.15) is 0 Å². The molecule has 0 unspecified atom stereocenters. The number of rotatable bonds is 7. The first-order valence-corrected chi connectivity index (χ1v) is 12.2. The van der Waals surface area contributed by atoms with Crippen LogP contribution in [0.5, 0.6) is 0 Å². The predicted octanol–water partition coefficient (Wildman–Crippen LogP) is 9.86. The maximum absolute atomic E-state index is 2.44. The van der Waals surface area contributed by atoms with Gasteiger partial charge in [0.05, 0.1) is 0 Å². The lowest BCUT2D eigenvalue weighted by Gasteiger charge is -2.32. The first-order valence-electron chi connectivity index (χ1n) is 12.2. The van der Waals surface area contributed by atoms with Gasteiger partial charge in [0.15, 0.2) is 0 Å². The summed E-state index contributed by atoms with van der Waals surface area (Å²) in [4.78, 5) is 0. The summed E-state index contributed by atoms with van der Waals surface area (Å²) < 4.78 is 0. The van der Waals surface area contributed by atoms with Crippen LogP contribution in [0.2, 0.25) is 0 Å². The van der Waals surface area contributed by atoms with Gasteiger partial charge in [0.25, 0.3) is 0 Å². The second-order valence-corrected chi connectivity index (χ2v) is 10.2. The summed E-state index contributed by atoms with van der Waals surface area (Å²) in [5.74, 6) is 0. The van der Waals surface area contributed by atoms with Gasteiger partial charge in [-0.15, -0.1) is 0 Å². The SMILES string of the molecule is C/C=C\C(=C/C)c1c(-c2ccccc2)cc2cc(C(C)(C)CC)ccc2c1C(C)(C)CC. The second kappa shape index (κ2) is 9.49. The zero-order valence-corrected chi connectivity index (χ0v) is 21.3. The van der Waals surface area contributed by atoms with Crippen molar-refractivity contribution in [2.45, 2.75) is 79.1 Å². The van der Waals surface area contributed by atoms with E-state index in [2.05, 4.69) is 128 Å². The highest BCUT2D eigenvalue weighted by Crippen LogP contribution is 2.45. The third-order valence-corrected chi connectivity index (χ3v) is 7.40. The molecule has 0 heterocycles. The summed E-state index contributed by atoms with van der Waals surface area (Å²) in [6.45, 7) is 18.3. The highest BCUT2D eigenvalue weighted by molar-refractivity contribution is 6.00. The van der Waals surface area contributed by atoms with Crippen LogP contribution in [0.25, 0.3) is 27.5 Å². The molecule has 32 heavy (non-hydrogen) atoms. The Morgan fingerprint density at radius 1 is 0.812 bits per heavy atom. The van der Waals surface area contributed by atoms with Gasteiger partial charge >= 0.3 is 0 Å². The smallest absolute Gasteiger partial charge is 0.00649 e. The minimum absolute atomic E-state index is 0.0516. The summed E-state index contributed by atoms with van der Waals surface area (Å²) in [5, 5.41) is 2.73. The van der Waals surface area contributed by atoms with Crippen molar-refractivity contribution in [1.29, 1.82) is 0 Å². The highest BCUT2D eigenvalue weighted by atomic mass is 14.3. The van der Waals surface area contributed by atoms with Crippen LogP contribution in [0.4, 0.5) is 0 Å². The van der Waals surface area contributed by atoms with Gasteiger partial charge < -0.3 is 0 Å². The molecular weight excluding hydrogens is 384 g/mol. The Morgan fingerprint density at radius 2 is 1.47 bits per heavy atom. The number of fused-ring (bicyclic) bond motifs is 1. The van der Waals surface area contributed by atoms with Gasteiger partial charge in [0.2, 0.25) is 0 Å². The van der Waals surface area contributed by atoms with Crippen LogP contribution < -0.4 is 0 Å². The molecular formula is C32H40. The number of hydrogen-bond acceptors (Lipinski definition) is 0. The Balaban J connectivity index is 2.55. The molecule has 0 saturated heterocycles. The number of hydrogen-bond donors (Lipinski definition) is 0. The average Bonchev–Trinajstić information content (AvgIpc) is 2.81. The van der Waals surface area contributed by atoms with E-state index in [4.69, 9.17) is 0 Å². The van der Waals surface area contributed by atoms with Crippen molar-refractivity contribution in [2.75, 3.05) is 0 Å². The van der Waals surface area contributed by atoms with Crippen molar-refractivity contribution < 1.29 is 0 Å². The normalized spacial score (nSPS) is 13.3. The molecule has 0 aliphatic carbocycles. The molecule has 0 nitrogen and oxygen atoms in total. The minimum atomic E-state index is 0.0516. The van der Waals surface area contributed by atoms with E-state index in [-0.39, 0.29) is 10.8 Å². The molecule has 0 saturated carbocycles. The molecule has 3 rings (SSSR count). The Kier molecular flexibility index (Phi) is 7.13. The molecule has 0 radical (unpaired) electrons. The molecule has 0 N–H and O–H groups in total. The first kappa shape index (κ1) is 24.1. The van der Waals surface area contributed by atoms with E-state index in [1.165, 1.54) is 44.2 Å². The molecule has 0 aliphatic rings. The van der Waals surface area contributed by atoms with Crippen molar-refractivity contribution in [1.82, 2.24) is 0 Å². The molecule has 168 valence electrons. The molecule has 0 aromatic heterocycles. The van der Waals surface area contributed by atoms with Crippen LogP contribution in [0.3, 0.4) is 0 Å². The van der Waals surface area contributed by atoms with E-state index >= 15 is 0 Å². The molecule has 0 fully saturated rings. The van der Waals surface area contributed by atoms with Crippen LogP contribution in [0.15, 0.2) is 72.8 Å². The Bertz CT molecular complexity index is 1140. The van der Waals surface area contributed by atoms with Crippen LogP contribution in [0, 0.1) is 0 Å². The van der Waals surface area contributed by atoms with E-state index in [9.17, 15) is 0 Å². The minimum Gasteiger partial charge on any atom is -0.0871 e. The summed E-state index contributed by atoms with van der Waals surface area (Å²) in [5.41, 5.74) is 8.37. The van der Waals surface area contributed by atoms with Crippen molar-refractivity contribution >= 4 is 16.3 Å². The maximum Gasteiger partial charge on any atom is -0.00649 e. The summed E-state index contributed by atoms with van der Waals surface area (Å²) in [6, 6.07) is 20.5. The van der Waals surface area contributed by atoms with E-state index in [0.29, 0.717) is 0 Å². The zero-order chi connectivity index (χ0) is 23.5. The third-order valence-electron chi connectivity index (χ3n) is 7.40. The van der Waals surface area contributed by atoms with Crippen LogP contribution >= 0.6 is 0 Å². The van der Waals surface area contributed by atoms with Gasteiger partial charge in [-0.3, -0.25) is 0 Å². The van der Waals surface area contributed by atoms with Crippen molar-refractivity contribution in [3.05, 3.63) is 89.5 Å². The third kappa shape index (κ3) is 4.46. The Morgan fingerprint density at radius 3 is 2.03 bits per heavy atom. The van der Waals surface area contributed by atoms with Gasteiger partial charge in [-0.1, -0.05) is 108 Å². The fraction of sp³-hybridized carbons (Fsp3) is 0.375. The van der Waals surface area contributed by atoms with E-state index in [1.807, 2.05) is 0 Å². The molecule has 3 aromatic rings. The topological polar surface area (TPSA) is 0 Å². The second-order valence-electron chi connectivity index (χ2n) is 10.2. The predicted molar refractivity (Wildman–Crippen MR) is 144 cm³/mol.